The van der Waals surface area contributed by atoms with Gasteiger partial charge in [0.25, 0.3) is 0 Å². The fraction of sp³-hybridized carbons (Fsp3) is 0.389. The summed E-state index contributed by atoms with van der Waals surface area (Å²) in [6, 6.07) is 16.4. The van der Waals surface area contributed by atoms with Crippen LogP contribution in [0.15, 0.2) is 66.2 Å². The van der Waals surface area contributed by atoms with Crippen molar-refractivity contribution in [1.82, 2.24) is 4.90 Å². The van der Waals surface area contributed by atoms with Crippen molar-refractivity contribution in [3.8, 4) is 16.9 Å². The van der Waals surface area contributed by atoms with Gasteiger partial charge in [-0.25, -0.2) is 9.59 Å². The first-order valence-corrected chi connectivity index (χ1v) is 14.9. The van der Waals surface area contributed by atoms with Gasteiger partial charge in [-0.2, -0.15) is 13.2 Å². The number of carbonyl (C=O) groups is 2. The molecule has 1 aliphatic carbocycles. The number of methoxy groups -OCH3 is 2. The summed E-state index contributed by atoms with van der Waals surface area (Å²) in [5.41, 5.74) is 5.18. The maximum Gasteiger partial charge on any atom is 0.416 e. The second-order valence-electron chi connectivity index (χ2n) is 12.7. The average Bonchev–Trinajstić information content (AvgIpc) is 3.28. The van der Waals surface area contributed by atoms with Gasteiger partial charge in [-0.15, -0.1) is 0 Å². The zero-order chi connectivity index (χ0) is 32.7. The molecule has 0 N–H and O–H groups in total. The molecule has 1 saturated heterocycles. The molecule has 6 nitrogen and oxygen atoms in total. The normalized spacial score (nSPS) is 19.8. The number of rotatable bonds is 7. The number of allylic oxidation sites excluding steroid dienone is 1. The minimum absolute atomic E-state index is 0.0249. The van der Waals surface area contributed by atoms with E-state index in [1.54, 1.807) is 37.1 Å². The van der Waals surface area contributed by atoms with Gasteiger partial charge in [0.2, 0.25) is 0 Å². The predicted octanol–water partition coefficient (Wildman–Crippen LogP) is 9.02. The maximum absolute atomic E-state index is 13.6. The zero-order valence-electron chi connectivity index (χ0n) is 26.4. The van der Waals surface area contributed by atoms with E-state index in [4.69, 9.17) is 14.2 Å². The molecule has 2 aliphatic rings. The highest BCUT2D eigenvalue weighted by atomic mass is 19.4. The first-order valence-electron chi connectivity index (χ1n) is 14.9. The molecular weight excluding hydrogens is 583 g/mol. The number of aryl methyl sites for hydroxylation is 1. The smallest absolute Gasteiger partial charge is 0.416 e. The van der Waals surface area contributed by atoms with Gasteiger partial charge < -0.3 is 14.2 Å². The lowest BCUT2D eigenvalue weighted by Crippen LogP contribution is -2.35. The van der Waals surface area contributed by atoms with Crippen molar-refractivity contribution in [1.29, 1.82) is 0 Å². The second kappa shape index (κ2) is 12.3. The van der Waals surface area contributed by atoms with Gasteiger partial charge in [0.1, 0.15) is 11.9 Å². The number of alkyl halides is 3. The van der Waals surface area contributed by atoms with Crippen LogP contribution in [0.1, 0.15) is 78.7 Å². The SMILES string of the molecule is COC(=O)c1cccc(-c2ccc(OC)c(C3=C(CN4C(=O)O[C@H](c5cc(C)cc(C(F)(F)F)c5)[C@@H]4C)CC(C)(C)CC3)c2)c1. The third-order valence-corrected chi connectivity index (χ3v) is 8.82. The number of nitrogens with zero attached hydrogens (tertiary/aromatic N) is 1. The molecule has 3 aromatic rings. The number of amides is 1. The van der Waals surface area contributed by atoms with E-state index < -0.39 is 35.9 Å². The third kappa shape index (κ3) is 6.72. The molecule has 0 bridgehead atoms. The van der Waals surface area contributed by atoms with E-state index in [1.165, 1.54) is 7.11 Å². The molecule has 0 spiro atoms. The van der Waals surface area contributed by atoms with Crippen LogP contribution < -0.4 is 4.74 Å². The lowest BCUT2D eigenvalue weighted by Gasteiger charge is -2.36. The molecule has 1 heterocycles. The number of esters is 1. The molecule has 9 heteroatoms. The lowest BCUT2D eigenvalue weighted by molar-refractivity contribution is -0.137. The van der Waals surface area contributed by atoms with Crippen LogP contribution in [-0.4, -0.2) is 43.8 Å². The van der Waals surface area contributed by atoms with Gasteiger partial charge in [-0.3, -0.25) is 4.90 Å². The number of cyclic esters (lactones) is 1. The second-order valence-corrected chi connectivity index (χ2v) is 12.7. The van der Waals surface area contributed by atoms with E-state index in [-0.39, 0.29) is 12.0 Å². The van der Waals surface area contributed by atoms with Gasteiger partial charge in [0, 0.05) is 12.1 Å². The van der Waals surface area contributed by atoms with Crippen LogP contribution in [0.4, 0.5) is 18.0 Å². The van der Waals surface area contributed by atoms with Crippen LogP contribution in [0.5, 0.6) is 5.75 Å². The van der Waals surface area contributed by atoms with Crippen LogP contribution in [0.3, 0.4) is 0 Å². The summed E-state index contributed by atoms with van der Waals surface area (Å²) in [7, 11) is 2.96. The Kier molecular flexibility index (Phi) is 8.75. The number of ether oxygens (including phenoxy) is 3. The molecule has 0 aromatic heterocycles. The van der Waals surface area contributed by atoms with E-state index in [9.17, 15) is 22.8 Å². The largest absolute Gasteiger partial charge is 0.496 e. The summed E-state index contributed by atoms with van der Waals surface area (Å²) in [5, 5.41) is 0. The van der Waals surface area contributed by atoms with Crippen LogP contribution in [0, 0.1) is 12.3 Å². The van der Waals surface area contributed by atoms with Gasteiger partial charge in [0.05, 0.1) is 31.4 Å². The Labute approximate surface area is 261 Å². The Morgan fingerprint density at radius 3 is 2.47 bits per heavy atom. The standard InChI is InChI=1S/C36H38F3NO5/c1-21-14-26(17-28(15-21)36(37,38)39)32-22(2)40(34(42)45-32)20-27-19-35(3,4)13-12-29(27)30-18-24(10-11-31(30)43-5)23-8-7-9-25(16-23)33(41)44-6/h7-11,14-18,22,32H,12-13,19-20H2,1-6H3/t22-,32-/m0/s1. The molecule has 1 aliphatic heterocycles. The minimum Gasteiger partial charge on any atom is -0.496 e. The quantitative estimate of drug-likeness (QED) is 0.246. The summed E-state index contributed by atoms with van der Waals surface area (Å²) in [5.74, 6) is 0.264. The van der Waals surface area contributed by atoms with Gasteiger partial charge in [-0.1, -0.05) is 43.7 Å². The summed E-state index contributed by atoms with van der Waals surface area (Å²) < 4.78 is 57.2. The molecule has 0 radical (unpaired) electrons. The number of halogens is 3. The van der Waals surface area contributed by atoms with E-state index in [2.05, 4.69) is 13.8 Å². The molecule has 2 atom stereocenters. The Bertz CT molecular complexity index is 1660. The van der Waals surface area contributed by atoms with E-state index in [1.807, 2.05) is 37.3 Å². The fourth-order valence-electron chi connectivity index (χ4n) is 6.46. The molecule has 5 rings (SSSR count). The van der Waals surface area contributed by atoms with E-state index >= 15 is 0 Å². The average molecular weight is 622 g/mol. The number of hydrogen-bond acceptors (Lipinski definition) is 5. The molecule has 45 heavy (non-hydrogen) atoms. The van der Waals surface area contributed by atoms with Gasteiger partial charge in [0.15, 0.2) is 0 Å². The van der Waals surface area contributed by atoms with E-state index in [0.717, 1.165) is 59.2 Å². The Morgan fingerprint density at radius 1 is 1.04 bits per heavy atom. The molecular formula is C36H38F3NO5. The van der Waals surface area contributed by atoms with Crippen molar-refractivity contribution in [2.24, 2.45) is 5.41 Å². The topological polar surface area (TPSA) is 65.1 Å². The Hall–Kier alpha value is -4.27. The zero-order valence-corrected chi connectivity index (χ0v) is 26.4. The fourth-order valence-corrected chi connectivity index (χ4v) is 6.46. The van der Waals surface area contributed by atoms with Crippen molar-refractivity contribution >= 4 is 17.6 Å². The summed E-state index contributed by atoms with van der Waals surface area (Å²) in [6.45, 7) is 8.07. The molecule has 3 aromatic carbocycles. The molecule has 1 amide bonds. The molecule has 0 saturated carbocycles. The summed E-state index contributed by atoms with van der Waals surface area (Å²) >= 11 is 0. The number of carbonyl (C=O) groups excluding carboxylic acids is 2. The summed E-state index contributed by atoms with van der Waals surface area (Å²) in [6.07, 6.45) is -3.51. The van der Waals surface area contributed by atoms with Crippen molar-refractivity contribution in [2.75, 3.05) is 20.8 Å². The Balaban J connectivity index is 1.53. The van der Waals surface area contributed by atoms with Crippen LogP contribution >= 0.6 is 0 Å². The monoisotopic (exact) mass is 621 g/mol. The van der Waals surface area contributed by atoms with Crippen molar-refractivity contribution in [2.45, 2.75) is 65.3 Å². The molecule has 1 fully saturated rings. The first kappa shape index (κ1) is 32.1. The molecule has 238 valence electrons. The summed E-state index contributed by atoms with van der Waals surface area (Å²) in [4.78, 5) is 27.1. The Morgan fingerprint density at radius 2 is 1.78 bits per heavy atom. The van der Waals surface area contributed by atoms with Gasteiger partial charge in [-0.05, 0) is 103 Å². The number of benzene rings is 3. The highest BCUT2D eigenvalue weighted by Gasteiger charge is 2.42. The maximum atomic E-state index is 13.6. The van der Waals surface area contributed by atoms with Crippen LogP contribution in [0.2, 0.25) is 0 Å². The van der Waals surface area contributed by atoms with E-state index in [0.29, 0.717) is 22.4 Å². The van der Waals surface area contributed by atoms with Crippen molar-refractivity contribution < 1.29 is 37.0 Å². The highest BCUT2D eigenvalue weighted by Crippen LogP contribution is 2.47. The van der Waals surface area contributed by atoms with Crippen molar-refractivity contribution in [3.63, 3.8) is 0 Å². The lowest BCUT2D eigenvalue weighted by atomic mass is 9.72. The first-order chi connectivity index (χ1) is 21.2. The highest BCUT2D eigenvalue weighted by molar-refractivity contribution is 5.91. The molecule has 0 unspecified atom stereocenters. The van der Waals surface area contributed by atoms with Crippen molar-refractivity contribution in [3.05, 3.63) is 94.1 Å². The third-order valence-electron chi connectivity index (χ3n) is 8.82. The number of hydrogen-bond donors (Lipinski definition) is 0. The minimum atomic E-state index is -4.51. The van der Waals surface area contributed by atoms with Gasteiger partial charge >= 0.3 is 18.2 Å². The van der Waals surface area contributed by atoms with Crippen LogP contribution in [0.25, 0.3) is 16.7 Å². The van der Waals surface area contributed by atoms with Crippen LogP contribution in [-0.2, 0) is 15.7 Å². The predicted molar refractivity (Wildman–Crippen MR) is 166 cm³/mol.